The number of hydrogen-bond acceptors (Lipinski definition) is 7. The molecule has 0 aliphatic heterocycles. The van der Waals surface area contributed by atoms with Gasteiger partial charge in [-0.25, -0.2) is 4.79 Å². The number of nitrogens with zero attached hydrogens (tertiary/aromatic N) is 1. The van der Waals surface area contributed by atoms with Crippen LogP contribution in [0.2, 0.25) is 0 Å². The Morgan fingerprint density at radius 2 is 2.00 bits per heavy atom. The molecule has 0 spiro atoms. The molecule has 0 heterocycles. The van der Waals surface area contributed by atoms with Crippen LogP contribution in [0.1, 0.15) is 18.4 Å². The first kappa shape index (κ1) is 23.9. The molecule has 0 radical (unpaired) electrons. The third kappa shape index (κ3) is 8.86. The van der Waals surface area contributed by atoms with E-state index in [4.69, 9.17) is 26.7 Å². The van der Waals surface area contributed by atoms with Gasteiger partial charge in [0.25, 0.3) is 0 Å². The van der Waals surface area contributed by atoms with E-state index in [1.807, 2.05) is 0 Å². The predicted octanol–water partition coefficient (Wildman–Crippen LogP) is -4.25. The van der Waals surface area contributed by atoms with Gasteiger partial charge in [-0.1, -0.05) is 12.1 Å². The van der Waals surface area contributed by atoms with E-state index in [-0.39, 0.29) is 47.0 Å². The fourth-order valence-electron chi connectivity index (χ4n) is 1.86. The van der Waals surface area contributed by atoms with Gasteiger partial charge in [-0.2, -0.15) is 0 Å². The number of hydrogen-bond donors (Lipinski definition) is 3. The van der Waals surface area contributed by atoms with Gasteiger partial charge in [0.05, 0.1) is 13.1 Å². The van der Waals surface area contributed by atoms with E-state index in [1.165, 1.54) is 25.3 Å². The smallest absolute Gasteiger partial charge is 0.545 e. The maximum absolute atomic E-state index is 12.0. The maximum Gasteiger partial charge on any atom is 1.00 e. The van der Waals surface area contributed by atoms with E-state index in [1.54, 1.807) is 6.07 Å². The number of ether oxygens (including phenoxy) is 2. The zero-order valence-electron chi connectivity index (χ0n) is 14.8. The predicted molar refractivity (Wildman–Crippen MR) is 90.6 cm³/mol. The van der Waals surface area contributed by atoms with Gasteiger partial charge in [0.1, 0.15) is 6.04 Å². The zero-order chi connectivity index (χ0) is 18.8. The molecule has 1 rings (SSSR count). The maximum atomic E-state index is 12.0. The quantitative estimate of drug-likeness (QED) is 0.0745. The average Bonchev–Trinajstić information content (AvgIpc) is 2.57. The second-order valence-corrected chi connectivity index (χ2v) is 5.04. The van der Waals surface area contributed by atoms with Gasteiger partial charge in [-0.05, 0) is 36.6 Å². The number of guanidine groups is 1. The Morgan fingerprint density at radius 3 is 2.58 bits per heavy atom. The molecule has 0 amide bonds. The molecule has 1 aromatic rings. The first-order chi connectivity index (χ1) is 11.8. The summed E-state index contributed by atoms with van der Waals surface area (Å²) in [5.74, 6) is -1.52. The van der Waals surface area contributed by atoms with Crippen LogP contribution < -0.4 is 61.3 Å². The summed E-state index contributed by atoms with van der Waals surface area (Å²) in [6, 6.07) is 3.73. The Bertz CT molecular complexity index is 675. The zero-order valence-corrected chi connectivity index (χ0v) is 16.8. The second-order valence-electron chi connectivity index (χ2n) is 5.04. The summed E-state index contributed by atoms with van der Waals surface area (Å²) in [7, 11) is 1.40. The van der Waals surface area contributed by atoms with E-state index in [9.17, 15) is 14.7 Å². The number of carboxylic acid groups (broad SMARTS) is 1. The van der Waals surface area contributed by atoms with Gasteiger partial charge in [-0.15, -0.1) is 0 Å². The summed E-state index contributed by atoms with van der Waals surface area (Å²) in [6.45, 7) is 0.367. The number of aliphatic imine (C=N–C) groups is 1. The molecule has 6 N–H and O–H groups in total. The van der Waals surface area contributed by atoms with Crippen molar-refractivity contribution < 1.29 is 53.7 Å². The molecule has 9 nitrogen and oxygen atoms in total. The summed E-state index contributed by atoms with van der Waals surface area (Å²) < 4.78 is 10.4. The standard InChI is InChI=1S/C16H22N4O5.Na/c1-24-13-9-10(5-7-14(21)22)4-6-12(13)25-15(23)11(17)3-2-8-20-16(18)19;/h4-7,9,11H,2-3,8,17H2,1H3,(H,21,22)(H4,18,19,20);/q;+1/p-1/t11-;/m0./s1. The number of esters is 1. The third-order valence-electron chi connectivity index (χ3n) is 3.08. The van der Waals surface area contributed by atoms with Crippen LogP contribution in [0.5, 0.6) is 11.5 Å². The molecule has 26 heavy (non-hydrogen) atoms. The Labute approximate surface area is 173 Å². The molecule has 0 bridgehead atoms. The van der Waals surface area contributed by atoms with Crippen LogP contribution in [0.25, 0.3) is 6.08 Å². The van der Waals surface area contributed by atoms with Crippen molar-refractivity contribution in [2.24, 2.45) is 22.2 Å². The van der Waals surface area contributed by atoms with E-state index in [2.05, 4.69) is 4.99 Å². The van der Waals surface area contributed by atoms with Gasteiger partial charge < -0.3 is 36.6 Å². The average molecular weight is 372 g/mol. The van der Waals surface area contributed by atoms with E-state index in [0.717, 1.165) is 6.08 Å². The molecule has 1 atom stereocenters. The Kier molecular flexibility index (Phi) is 11.3. The first-order valence-corrected chi connectivity index (χ1v) is 7.43. The fraction of sp³-hybridized carbons (Fsp3) is 0.312. The molecule has 1 aromatic carbocycles. The Balaban J connectivity index is 0.00000625. The van der Waals surface area contributed by atoms with Crippen LogP contribution in [-0.4, -0.2) is 37.6 Å². The topological polar surface area (TPSA) is 166 Å². The molecule has 0 aliphatic carbocycles. The molecule has 0 aromatic heterocycles. The molecule has 0 unspecified atom stereocenters. The number of nitrogens with two attached hydrogens (primary N) is 3. The van der Waals surface area contributed by atoms with Gasteiger partial charge in [0, 0.05) is 6.54 Å². The fourth-order valence-corrected chi connectivity index (χ4v) is 1.86. The van der Waals surface area contributed by atoms with E-state index in [0.29, 0.717) is 24.9 Å². The van der Waals surface area contributed by atoms with Crippen LogP contribution in [0, 0.1) is 0 Å². The number of rotatable bonds is 9. The molecule has 0 saturated heterocycles. The van der Waals surface area contributed by atoms with Crippen molar-refractivity contribution in [1.82, 2.24) is 0 Å². The normalized spacial score (nSPS) is 11.3. The van der Waals surface area contributed by atoms with Crippen molar-refractivity contribution in [2.45, 2.75) is 18.9 Å². The minimum Gasteiger partial charge on any atom is -0.545 e. The summed E-state index contributed by atoms with van der Waals surface area (Å²) in [5.41, 5.74) is 16.7. The largest absolute Gasteiger partial charge is 1.00 e. The van der Waals surface area contributed by atoms with E-state index < -0.39 is 18.0 Å². The number of benzene rings is 1. The monoisotopic (exact) mass is 372 g/mol. The van der Waals surface area contributed by atoms with Crippen LogP contribution in [0.4, 0.5) is 0 Å². The molecular weight excluding hydrogens is 351 g/mol. The van der Waals surface area contributed by atoms with Gasteiger partial charge in [0.15, 0.2) is 17.5 Å². The van der Waals surface area contributed by atoms with Gasteiger partial charge in [0.2, 0.25) is 0 Å². The number of methoxy groups -OCH3 is 1. The minimum atomic E-state index is -1.32. The van der Waals surface area contributed by atoms with Crippen molar-refractivity contribution >= 4 is 24.0 Å². The molecule has 136 valence electrons. The SMILES string of the molecule is COc1cc(C=CC(=O)[O-])ccc1OC(=O)[C@@H](N)CCCN=C(N)N.[Na+]. The molecular formula is C16H21N4NaO5. The van der Waals surface area contributed by atoms with Crippen molar-refractivity contribution in [1.29, 1.82) is 0 Å². The van der Waals surface area contributed by atoms with Crippen molar-refractivity contribution in [2.75, 3.05) is 13.7 Å². The number of carbonyl (C=O) groups is 2. The number of carbonyl (C=O) groups excluding carboxylic acids is 2. The second kappa shape index (κ2) is 12.3. The molecule has 0 aliphatic rings. The first-order valence-electron chi connectivity index (χ1n) is 7.43. The Hall–Kier alpha value is -2.07. The minimum absolute atomic E-state index is 0. The molecule has 10 heteroatoms. The van der Waals surface area contributed by atoms with E-state index >= 15 is 0 Å². The number of carboxylic acids is 1. The van der Waals surface area contributed by atoms with Crippen molar-refractivity contribution in [3.8, 4) is 11.5 Å². The van der Waals surface area contributed by atoms with Crippen molar-refractivity contribution in [3.63, 3.8) is 0 Å². The summed E-state index contributed by atoms with van der Waals surface area (Å²) in [4.78, 5) is 26.2. The Morgan fingerprint density at radius 1 is 1.31 bits per heavy atom. The van der Waals surface area contributed by atoms with Crippen LogP contribution in [0.3, 0.4) is 0 Å². The van der Waals surface area contributed by atoms with Crippen LogP contribution in [-0.2, 0) is 9.59 Å². The molecule has 0 saturated carbocycles. The van der Waals surface area contributed by atoms with Crippen LogP contribution >= 0.6 is 0 Å². The van der Waals surface area contributed by atoms with Gasteiger partial charge in [-0.3, -0.25) is 4.99 Å². The summed E-state index contributed by atoms with van der Waals surface area (Å²) in [5, 5.41) is 10.4. The van der Waals surface area contributed by atoms with Crippen LogP contribution in [0.15, 0.2) is 29.3 Å². The van der Waals surface area contributed by atoms with Crippen molar-refractivity contribution in [3.05, 3.63) is 29.8 Å². The van der Waals surface area contributed by atoms with Gasteiger partial charge >= 0.3 is 35.5 Å². The number of aliphatic carboxylic acids is 1. The third-order valence-corrected chi connectivity index (χ3v) is 3.08. The summed E-state index contributed by atoms with van der Waals surface area (Å²) in [6.07, 6.45) is 3.09. The molecule has 0 fully saturated rings. The summed E-state index contributed by atoms with van der Waals surface area (Å²) >= 11 is 0.